The van der Waals surface area contributed by atoms with Crippen LogP contribution in [0.25, 0.3) is 0 Å². The zero-order valence-corrected chi connectivity index (χ0v) is 20.8. The van der Waals surface area contributed by atoms with Crippen LogP contribution in [0.15, 0.2) is 42.5 Å². The SMILES string of the molecule is CCCCC(NC(=O)COc1ccc(C(C)=O)cc1OC)C(=O)Nc1cccc(N2CCCC2)c1. The Bertz CT molecular complexity index is 1030. The minimum atomic E-state index is -0.677. The maximum atomic E-state index is 13.0. The Hall–Kier alpha value is -3.55. The van der Waals surface area contributed by atoms with Crippen molar-refractivity contribution in [2.24, 2.45) is 0 Å². The van der Waals surface area contributed by atoms with Gasteiger partial charge in [-0.05, 0) is 62.6 Å². The number of nitrogens with one attached hydrogen (secondary N) is 2. The fourth-order valence-corrected chi connectivity index (χ4v) is 4.05. The lowest BCUT2D eigenvalue weighted by atomic mass is 10.1. The molecule has 0 aliphatic carbocycles. The van der Waals surface area contributed by atoms with E-state index < -0.39 is 11.9 Å². The van der Waals surface area contributed by atoms with Crippen molar-refractivity contribution >= 4 is 29.0 Å². The summed E-state index contributed by atoms with van der Waals surface area (Å²) >= 11 is 0. The molecule has 0 aromatic heterocycles. The maximum absolute atomic E-state index is 13.0. The minimum Gasteiger partial charge on any atom is -0.493 e. The van der Waals surface area contributed by atoms with Gasteiger partial charge in [0.2, 0.25) is 5.91 Å². The number of hydrogen-bond acceptors (Lipinski definition) is 6. The lowest BCUT2D eigenvalue weighted by Crippen LogP contribution is -2.45. The monoisotopic (exact) mass is 481 g/mol. The molecule has 2 amide bonds. The maximum Gasteiger partial charge on any atom is 0.258 e. The fraction of sp³-hybridized carbons (Fsp3) is 0.444. The van der Waals surface area contributed by atoms with Crippen molar-refractivity contribution < 1.29 is 23.9 Å². The predicted molar refractivity (Wildman–Crippen MR) is 136 cm³/mol. The number of carbonyl (C=O) groups excluding carboxylic acids is 3. The zero-order chi connectivity index (χ0) is 25.2. The Morgan fingerprint density at radius 3 is 2.51 bits per heavy atom. The second kappa shape index (κ2) is 12.8. The molecule has 1 heterocycles. The van der Waals surface area contributed by atoms with Crippen LogP contribution in [0.1, 0.15) is 56.3 Å². The first-order chi connectivity index (χ1) is 16.9. The summed E-state index contributed by atoms with van der Waals surface area (Å²) < 4.78 is 10.9. The van der Waals surface area contributed by atoms with E-state index in [0.717, 1.165) is 31.6 Å². The summed E-state index contributed by atoms with van der Waals surface area (Å²) in [5.41, 5.74) is 2.29. The summed E-state index contributed by atoms with van der Waals surface area (Å²) in [6.45, 7) is 5.27. The molecule has 35 heavy (non-hydrogen) atoms. The van der Waals surface area contributed by atoms with Gasteiger partial charge in [0.15, 0.2) is 23.9 Å². The van der Waals surface area contributed by atoms with Crippen LogP contribution < -0.4 is 25.0 Å². The van der Waals surface area contributed by atoms with Crippen LogP contribution in [0.2, 0.25) is 0 Å². The standard InChI is InChI=1S/C27H35N3O5/c1-4-5-11-23(27(33)28-21-9-8-10-22(17-21)30-14-6-7-15-30)29-26(32)18-35-24-13-12-20(19(2)31)16-25(24)34-3/h8-10,12-13,16-17,23H,4-7,11,14-15,18H2,1-3H3,(H,28,33)(H,29,32). The summed E-state index contributed by atoms with van der Waals surface area (Å²) in [6, 6.07) is 11.9. The summed E-state index contributed by atoms with van der Waals surface area (Å²) in [5.74, 6) is -0.0496. The van der Waals surface area contributed by atoms with Crippen LogP contribution in [0, 0.1) is 0 Å². The van der Waals surface area contributed by atoms with Crippen LogP contribution in [0.4, 0.5) is 11.4 Å². The molecule has 1 aliphatic heterocycles. The van der Waals surface area contributed by atoms with Crippen molar-refractivity contribution in [1.29, 1.82) is 0 Å². The van der Waals surface area contributed by atoms with E-state index in [1.165, 1.54) is 26.9 Å². The van der Waals surface area contributed by atoms with Gasteiger partial charge in [-0.1, -0.05) is 25.8 Å². The first-order valence-electron chi connectivity index (χ1n) is 12.2. The molecule has 0 radical (unpaired) electrons. The normalized spacial score (nSPS) is 13.7. The van der Waals surface area contributed by atoms with Gasteiger partial charge in [0, 0.05) is 30.0 Å². The van der Waals surface area contributed by atoms with E-state index in [2.05, 4.69) is 15.5 Å². The number of amides is 2. The van der Waals surface area contributed by atoms with Crippen molar-refractivity contribution in [3.05, 3.63) is 48.0 Å². The minimum absolute atomic E-state index is 0.0941. The third kappa shape index (κ3) is 7.47. The van der Waals surface area contributed by atoms with Crippen LogP contribution >= 0.6 is 0 Å². The number of ketones is 1. The van der Waals surface area contributed by atoms with Crippen LogP contribution in [0.5, 0.6) is 11.5 Å². The fourth-order valence-electron chi connectivity index (χ4n) is 4.05. The second-order valence-corrected chi connectivity index (χ2v) is 8.71. The molecule has 0 bridgehead atoms. The van der Waals surface area contributed by atoms with Gasteiger partial charge in [0.05, 0.1) is 7.11 Å². The topological polar surface area (TPSA) is 97.0 Å². The molecular formula is C27H35N3O5. The molecule has 2 N–H and O–H groups in total. The number of hydrogen-bond donors (Lipinski definition) is 2. The molecule has 1 aliphatic rings. The summed E-state index contributed by atoms with van der Waals surface area (Å²) in [5, 5.41) is 5.75. The molecule has 3 rings (SSSR count). The molecule has 1 atom stereocenters. The smallest absolute Gasteiger partial charge is 0.258 e. The number of methoxy groups -OCH3 is 1. The predicted octanol–water partition coefficient (Wildman–Crippen LogP) is 4.19. The van der Waals surface area contributed by atoms with Crippen LogP contribution in [0.3, 0.4) is 0 Å². The van der Waals surface area contributed by atoms with E-state index in [1.807, 2.05) is 31.2 Å². The lowest BCUT2D eigenvalue weighted by molar-refractivity contribution is -0.128. The quantitative estimate of drug-likeness (QED) is 0.441. The molecule has 8 nitrogen and oxygen atoms in total. The number of benzene rings is 2. The highest BCUT2D eigenvalue weighted by Crippen LogP contribution is 2.28. The van der Waals surface area contributed by atoms with Crippen molar-refractivity contribution in [3.63, 3.8) is 0 Å². The van der Waals surface area contributed by atoms with Gasteiger partial charge in [-0.3, -0.25) is 14.4 Å². The van der Waals surface area contributed by atoms with Gasteiger partial charge < -0.3 is 25.0 Å². The van der Waals surface area contributed by atoms with E-state index in [-0.39, 0.29) is 18.3 Å². The average Bonchev–Trinajstić information content (AvgIpc) is 3.40. The molecule has 188 valence electrons. The second-order valence-electron chi connectivity index (χ2n) is 8.71. The van der Waals surface area contributed by atoms with Crippen molar-refractivity contribution in [2.75, 3.05) is 37.0 Å². The molecule has 0 spiro atoms. The van der Waals surface area contributed by atoms with Crippen LogP contribution in [-0.4, -0.2) is 50.4 Å². The zero-order valence-electron chi connectivity index (χ0n) is 20.8. The number of rotatable bonds is 12. The molecule has 2 aromatic carbocycles. The molecule has 8 heteroatoms. The highest BCUT2D eigenvalue weighted by Gasteiger charge is 2.22. The Labute approximate surface area is 207 Å². The Morgan fingerprint density at radius 2 is 1.83 bits per heavy atom. The number of Topliss-reactive ketones (excluding diaryl/α,β-unsaturated/α-hetero) is 1. The molecular weight excluding hydrogens is 446 g/mol. The van der Waals surface area contributed by atoms with Gasteiger partial charge >= 0.3 is 0 Å². The third-order valence-electron chi connectivity index (χ3n) is 6.01. The number of carbonyl (C=O) groups is 3. The molecule has 1 saturated heterocycles. The van der Waals surface area contributed by atoms with Gasteiger partial charge in [-0.15, -0.1) is 0 Å². The number of unbranched alkanes of at least 4 members (excludes halogenated alkanes) is 1. The average molecular weight is 482 g/mol. The summed E-state index contributed by atoms with van der Waals surface area (Å²) in [4.78, 5) is 39.5. The Kier molecular flexibility index (Phi) is 9.52. The lowest BCUT2D eigenvalue weighted by Gasteiger charge is -2.21. The highest BCUT2D eigenvalue weighted by atomic mass is 16.5. The third-order valence-corrected chi connectivity index (χ3v) is 6.01. The van der Waals surface area contributed by atoms with E-state index in [4.69, 9.17) is 9.47 Å². The highest BCUT2D eigenvalue weighted by molar-refractivity contribution is 5.97. The van der Waals surface area contributed by atoms with E-state index in [9.17, 15) is 14.4 Å². The summed E-state index contributed by atoms with van der Waals surface area (Å²) in [6.07, 6.45) is 4.58. The number of ether oxygens (including phenoxy) is 2. The summed E-state index contributed by atoms with van der Waals surface area (Å²) in [7, 11) is 1.47. The van der Waals surface area contributed by atoms with Gasteiger partial charge in [0.1, 0.15) is 6.04 Å². The first-order valence-corrected chi connectivity index (χ1v) is 12.2. The number of anilines is 2. The first kappa shape index (κ1) is 26.1. The van der Waals surface area contributed by atoms with E-state index in [1.54, 1.807) is 18.2 Å². The number of nitrogens with zero attached hydrogens (tertiary/aromatic N) is 1. The molecule has 1 unspecified atom stereocenters. The van der Waals surface area contributed by atoms with Crippen molar-refractivity contribution in [1.82, 2.24) is 5.32 Å². The molecule has 0 saturated carbocycles. The van der Waals surface area contributed by atoms with Crippen molar-refractivity contribution in [2.45, 2.75) is 52.0 Å². The molecule has 1 fully saturated rings. The van der Waals surface area contributed by atoms with Gasteiger partial charge in [-0.25, -0.2) is 0 Å². The van der Waals surface area contributed by atoms with Crippen LogP contribution in [-0.2, 0) is 9.59 Å². The largest absolute Gasteiger partial charge is 0.493 e. The molecule has 2 aromatic rings. The van der Waals surface area contributed by atoms with Crippen molar-refractivity contribution in [3.8, 4) is 11.5 Å². The van der Waals surface area contributed by atoms with E-state index >= 15 is 0 Å². The van der Waals surface area contributed by atoms with Gasteiger partial charge in [0.25, 0.3) is 5.91 Å². The van der Waals surface area contributed by atoms with E-state index in [0.29, 0.717) is 29.2 Å². The van der Waals surface area contributed by atoms with Gasteiger partial charge in [-0.2, -0.15) is 0 Å². The Morgan fingerprint density at radius 1 is 1.06 bits per heavy atom. The Balaban J connectivity index is 1.61.